The molecule has 0 aliphatic carbocycles. The van der Waals surface area contributed by atoms with Gasteiger partial charge in [-0.3, -0.25) is 4.68 Å². The molecule has 0 aliphatic heterocycles. The molecule has 0 aliphatic rings. The van der Waals surface area contributed by atoms with E-state index in [1.54, 1.807) is 12.3 Å². The monoisotopic (exact) mass is 270 g/mol. The van der Waals surface area contributed by atoms with E-state index in [0.29, 0.717) is 19.6 Å². The Balaban J connectivity index is 1.97. The molecule has 0 saturated heterocycles. The zero-order chi connectivity index (χ0) is 14.2. The highest BCUT2D eigenvalue weighted by Crippen LogP contribution is 2.10. The fourth-order valence-electron chi connectivity index (χ4n) is 1.86. The van der Waals surface area contributed by atoms with Gasteiger partial charge in [0, 0.05) is 25.5 Å². The van der Waals surface area contributed by atoms with Crippen LogP contribution < -0.4 is 10.6 Å². The number of urea groups is 1. The Morgan fingerprint density at radius 2 is 2.05 bits per heavy atom. The maximum Gasteiger partial charge on any atom is 0.315 e. The van der Waals surface area contributed by atoms with Crippen molar-refractivity contribution in [2.24, 2.45) is 0 Å². The fourth-order valence-corrected chi connectivity index (χ4v) is 1.86. The van der Waals surface area contributed by atoms with E-state index in [0.717, 1.165) is 11.1 Å². The Hall–Kier alpha value is -2.56. The summed E-state index contributed by atoms with van der Waals surface area (Å²) in [7, 11) is 0. The first kappa shape index (κ1) is 13.9. The van der Waals surface area contributed by atoms with Crippen LogP contribution >= 0.6 is 0 Å². The number of nitrogens with one attached hydrogen (secondary N) is 2. The molecule has 0 fully saturated rings. The van der Waals surface area contributed by atoms with Crippen LogP contribution in [0.3, 0.4) is 0 Å². The smallest absolute Gasteiger partial charge is 0.315 e. The second-order valence-corrected chi connectivity index (χ2v) is 4.32. The van der Waals surface area contributed by atoms with Crippen LogP contribution in [-0.4, -0.2) is 22.4 Å². The highest BCUT2D eigenvalue weighted by atomic mass is 16.2. The van der Waals surface area contributed by atoms with Gasteiger partial charge in [-0.2, -0.15) is 5.10 Å². The number of hydrogen-bond donors (Lipinski definition) is 2. The third-order valence-electron chi connectivity index (χ3n) is 2.86. The minimum absolute atomic E-state index is 0.196. The number of carbonyl (C=O) groups excluding carboxylic acids is 1. The summed E-state index contributed by atoms with van der Waals surface area (Å²) in [6, 6.07) is 9.70. The van der Waals surface area contributed by atoms with E-state index in [2.05, 4.69) is 22.3 Å². The molecule has 0 bridgehead atoms. The van der Waals surface area contributed by atoms with Crippen LogP contribution in [0.15, 0.2) is 55.4 Å². The van der Waals surface area contributed by atoms with Crippen molar-refractivity contribution < 1.29 is 4.79 Å². The van der Waals surface area contributed by atoms with Crippen molar-refractivity contribution in [3.05, 3.63) is 66.5 Å². The highest BCUT2D eigenvalue weighted by Gasteiger charge is 2.04. The normalized spacial score (nSPS) is 10.0. The van der Waals surface area contributed by atoms with Crippen molar-refractivity contribution in [1.29, 1.82) is 0 Å². The van der Waals surface area contributed by atoms with Gasteiger partial charge in [-0.05, 0) is 17.2 Å². The second kappa shape index (κ2) is 7.13. The van der Waals surface area contributed by atoms with E-state index in [4.69, 9.17) is 0 Å². The van der Waals surface area contributed by atoms with Crippen molar-refractivity contribution in [2.45, 2.75) is 13.1 Å². The van der Waals surface area contributed by atoms with Gasteiger partial charge in [0.05, 0.1) is 6.54 Å². The molecule has 1 heterocycles. The standard InChI is InChI=1S/C15H18N4O/c1-2-8-16-15(20)17-11-13-6-3-4-7-14(13)12-19-10-5-9-18-19/h2-7,9-10H,1,8,11-12H2,(H2,16,17,20). The van der Waals surface area contributed by atoms with Gasteiger partial charge in [-0.1, -0.05) is 30.3 Å². The summed E-state index contributed by atoms with van der Waals surface area (Å²) in [4.78, 5) is 11.5. The topological polar surface area (TPSA) is 59.0 Å². The van der Waals surface area contributed by atoms with Crippen LogP contribution in [0.25, 0.3) is 0 Å². The summed E-state index contributed by atoms with van der Waals surface area (Å²) >= 11 is 0. The maximum atomic E-state index is 11.5. The van der Waals surface area contributed by atoms with E-state index >= 15 is 0 Å². The van der Waals surface area contributed by atoms with E-state index in [-0.39, 0.29) is 6.03 Å². The largest absolute Gasteiger partial charge is 0.335 e. The lowest BCUT2D eigenvalue weighted by Gasteiger charge is -2.11. The number of aromatic nitrogens is 2. The molecule has 2 N–H and O–H groups in total. The van der Waals surface area contributed by atoms with Crippen LogP contribution in [0.5, 0.6) is 0 Å². The quantitative estimate of drug-likeness (QED) is 0.788. The summed E-state index contributed by atoms with van der Waals surface area (Å²) < 4.78 is 1.86. The van der Waals surface area contributed by atoms with Crippen LogP contribution in [0, 0.1) is 0 Å². The molecule has 104 valence electrons. The second-order valence-electron chi connectivity index (χ2n) is 4.32. The van der Waals surface area contributed by atoms with Gasteiger partial charge in [0.2, 0.25) is 0 Å². The van der Waals surface area contributed by atoms with Crippen molar-refractivity contribution in [3.63, 3.8) is 0 Å². The average Bonchev–Trinajstić information content (AvgIpc) is 2.97. The van der Waals surface area contributed by atoms with Gasteiger partial charge < -0.3 is 10.6 Å². The Labute approximate surface area is 118 Å². The lowest BCUT2D eigenvalue weighted by atomic mass is 10.1. The lowest BCUT2D eigenvalue weighted by Crippen LogP contribution is -2.35. The van der Waals surface area contributed by atoms with Crippen LogP contribution in [0.1, 0.15) is 11.1 Å². The average molecular weight is 270 g/mol. The van der Waals surface area contributed by atoms with E-state index in [9.17, 15) is 4.79 Å². The van der Waals surface area contributed by atoms with Gasteiger partial charge in [0.1, 0.15) is 0 Å². The molecular weight excluding hydrogens is 252 g/mol. The van der Waals surface area contributed by atoms with Crippen LogP contribution in [0.2, 0.25) is 0 Å². The molecule has 2 aromatic rings. The number of hydrogen-bond acceptors (Lipinski definition) is 2. The third kappa shape index (κ3) is 3.98. The minimum atomic E-state index is -0.196. The molecule has 20 heavy (non-hydrogen) atoms. The summed E-state index contributed by atoms with van der Waals surface area (Å²) in [6.07, 6.45) is 5.32. The molecule has 5 heteroatoms. The first-order valence-corrected chi connectivity index (χ1v) is 6.46. The minimum Gasteiger partial charge on any atom is -0.335 e. The molecular formula is C15H18N4O. The fraction of sp³-hybridized carbons (Fsp3) is 0.200. The molecule has 2 amide bonds. The van der Waals surface area contributed by atoms with Crippen LogP contribution in [-0.2, 0) is 13.1 Å². The van der Waals surface area contributed by atoms with Crippen molar-refractivity contribution in [2.75, 3.05) is 6.54 Å². The van der Waals surface area contributed by atoms with Gasteiger partial charge in [-0.15, -0.1) is 6.58 Å². The molecule has 2 rings (SSSR count). The molecule has 0 spiro atoms. The summed E-state index contributed by atoms with van der Waals surface area (Å²) in [6.45, 7) is 5.19. The molecule has 0 unspecified atom stereocenters. The molecule has 0 saturated carbocycles. The molecule has 1 aromatic carbocycles. The Morgan fingerprint density at radius 1 is 1.25 bits per heavy atom. The number of rotatable bonds is 6. The van der Waals surface area contributed by atoms with Crippen molar-refractivity contribution in [1.82, 2.24) is 20.4 Å². The molecule has 0 radical (unpaired) electrons. The predicted octanol–water partition coefficient (Wildman–Crippen LogP) is 1.92. The van der Waals surface area contributed by atoms with Crippen molar-refractivity contribution in [3.8, 4) is 0 Å². The van der Waals surface area contributed by atoms with E-state index in [1.807, 2.05) is 41.2 Å². The van der Waals surface area contributed by atoms with Gasteiger partial charge in [0.15, 0.2) is 0 Å². The molecule has 0 atom stereocenters. The highest BCUT2D eigenvalue weighted by molar-refractivity contribution is 5.73. The zero-order valence-electron chi connectivity index (χ0n) is 11.2. The zero-order valence-corrected chi connectivity index (χ0v) is 11.2. The third-order valence-corrected chi connectivity index (χ3v) is 2.86. The summed E-state index contributed by atoms with van der Waals surface area (Å²) in [5.41, 5.74) is 2.22. The lowest BCUT2D eigenvalue weighted by molar-refractivity contribution is 0.241. The van der Waals surface area contributed by atoms with Crippen LogP contribution in [0.4, 0.5) is 4.79 Å². The first-order valence-electron chi connectivity index (χ1n) is 6.46. The Kier molecular flexibility index (Phi) is 4.94. The maximum absolute atomic E-state index is 11.5. The molecule has 1 aromatic heterocycles. The number of benzene rings is 1. The number of amides is 2. The van der Waals surface area contributed by atoms with Crippen molar-refractivity contribution >= 4 is 6.03 Å². The van der Waals surface area contributed by atoms with E-state index in [1.165, 1.54) is 0 Å². The molecule has 5 nitrogen and oxygen atoms in total. The van der Waals surface area contributed by atoms with E-state index < -0.39 is 0 Å². The summed E-state index contributed by atoms with van der Waals surface area (Å²) in [5, 5.41) is 9.70. The van der Waals surface area contributed by atoms with Gasteiger partial charge in [0.25, 0.3) is 0 Å². The first-order chi connectivity index (χ1) is 9.79. The van der Waals surface area contributed by atoms with Gasteiger partial charge >= 0.3 is 6.03 Å². The van der Waals surface area contributed by atoms with Gasteiger partial charge in [-0.25, -0.2) is 4.79 Å². The number of nitrogens with zero attached hydrogens (tertiary/aromatic N) is 2. The Bertz CT molecular complexity index is 563. The Morgan fingerprint density at radius 3 is 2.75 bits per heavy atom. The summed E-state index contributed by atoms with van der Waals surface area (Å²) in [5.74, 6) is 0. The SMILES string of the molecule is C=CCNC(=O)NCc1ccccc1Cn1cccn1. The predicted molar refractivity (Wildman–Crippen MR) is 78.2 cm³/mol. The number of carbonyl (C=O) groups is 1.